The zero-order valence-corrected chi connectivity index (χ0v) is 11.7. The molecular formula is C14H21N3O3. The average molecular weight is 279 g/mol. The van der Waals surface area contributed by atoms with Crippen LogP contribution >= 0.6 is 0 Å². The number of nitrogens with two attached hydrogens (primary N) is 1. The van der Waals surface area contributed by atoms with E-state index in [0.717, 1.165) is 12.0 Å². The topological polar surface area (TPSA) is 96.9 Å². The molecule has 0 heterocycles. The first-order valence-corrected chi connectivity index (χ1v) is 6.53. The lowest BCUT2D eigenvalue weighted by molar-refractivity contribution is 0.135. The van der Waals surface area contributed by atoms with Crippen LogP contribution in [0.15, 0.2) is 35.5 Å². The summed E-state index contributed by atoms with van der Waals surface area (Å²) in [6, 6.07) is 8.81. The molecule has 6 nitrogen and oxygen atoms in total. The molecule has 1 unspecified atom stereocenters. The van der Waals surface area contributed by atoms with Crippen LogP contribution in [0, 0.1) is 5.92 Å². The summed E-state index contributed by atoms with van der Waals surface area (Å²) in [5, 5.41) is 14.3. The number of amidine groups is 1. The Kier molecular flexibility index (Phi) is 6.36. The van der Waals surface area contributed by atoms with Gasteiger partial charge in [0.1, 0.15) is 6.61 Å². The number of benzene rings is 1. The van der Waals surface area contributed by atoms with Crippen LogP contribution in [0.25, 0.3) is 0 Å². The van der Waals surface area contributed by atoms with E-state index < -0.39 is 12.1 Å². The van der Waals surface area contributed by atoms with Crippen LogP contribution in [-0.4, -0.2) is 23.2 Å². The Morgan fingerprint density at radius 3 is 2.65 bits per heavy atom. The van der Waals surface area contributed by atoms with Crippen molar-refractivity contribution in [1.82, 2.24) is 5.32 Å². The third-order valence-electron chi connectivity index (χ3n) is 3.13. The van der Waals surface area contributed by atoms with Crippen LogP contribution in [0.2, 0.25) is 0 Å². The molecule has 0 bridgehead atoms. The predicted molar refractivity (Wildman–Crippen MR) is 76.4 cm³/mol. The first-order valence-electron chi connectivity index (χ1n) is 6.53. The summed E-state index contributed by atoms with van der Waals surface area (Å²) >= 11 is 0. The second kappa shape index (κ2) is 8.04. The summed E-state index contributed by atoms with van der Waals surface area (Å²) in [5.41, 5.74) is 6.47. The largest absolute Gasteiger partial charge is 0.445 e. The van der Waals surface area contributed by atoms with Crippen LogP contribution in [-0.2, 0) is 11.3 Å². The van der Waals surface area contributed by atoms with Gasteiger partial charge < -0.3 is 21.0 Å². The van der Waals surface area contributed by atoms with Crippen molar-refractivity contribution in [3.05, 3.63) is 35.9 Å². The van der Waals surface area contributed by atoms with Gasteiger partial charge in [-0.05, 0) is 11.5 Å². The van der Waals surface area contributed by atoms with Gasteiger partial charge in [0.05, 0.1) is 6.04 Å². The fourth-order valence-corrected chi connectivity index (χ4v) is 1.70. The van der Waals surface area contributed by atoms with Crippen molar-refractivity contribution >= 4 is 11.9 Å². The quantitative estimate of drug-likeness (QED) is 0.321. The van der Waals surface area contributed by atoms with Gasteiger partial charge in [-0.25, -0.2) is 4.79 Å². The predicted octanol–water partition coefficient (Wildman–Crippen LogP) is 2.07. The van der Waals surface area contributed by atoms with Gasteiger partial charge in [-0.1, -0.05) is 55.8 Å². The van der Waals surface area contributed by atoms with E-state index in [1.807, 2.05) is 44.2 Å². The summed E-state index contributed by atoms with van der Waals surface area (Å²) in [5.74, 6) is 0.00573. The van der Waals surface area contributed by atoms with Crippen LogP contribution in [0.5, 0.6) is 0 Å². The van der Waals surface area contributed by atoms with Gasteiger partial charge in [-0.15, -0.1) is 0 Å². The molecule has 1 aromatic rings. The SMILES string of the molecule is CCC(C)[C@H](NC(=O)OCc1ccccc1)/C(N)=N/O. The lowest BCUT2D eigenvalue weighted by Gasteiger charge is -2.22. The number of rotatable bonds is 6. The minimum atomic E-state index is -0.592. The molecule has 1 aromatic carbocycles. The number of amides is 1. The molecule has 6 heteroatoms. The second-order valence-electron chi connectivity index (χ2n) is 4.59. The van der Waals surface area contributed by atoms with Crippen molar-refractivity contribution in [3.63, 3.8) is 0 Å². The Labute approximate surface area is 118 Å². The molecule has 4 N–H and O–H groups in total. The van der Waals surface area contributed by atoms with Crippen molar-refractivity contribution < 1.29 is 14.7 Å². The van der Waals surface area contributed by atoms with Gasteiger partial charge in [-0.3, -0.25) is 0 Å². The van der Waals surface area contributed by atoms with E-state index in [4.69, 9.17) is 15.7 Å². The zero-order chi connectivity index (χ0) is 15.0. The van der Waals surface area contributed by atoms with Crippen molar-refractivity contribution in [2.45, 2.75) is 32.9 Å². The Bertz CT molecular complexity index is 448. The molecule has 1 rings (SSSR count). The molecule has 20 heavy (non-hydrogen) atoms. The van der Waals surface area contributed by atoms with E-state index in [9.17, 15) is 4.79 Å². The number of carbonyl (C=O) groups is 1. The molecule has 0 aromatic heterocycles. The third kappa shape index (κ3) is 4.79. The number of hydrogen-bond acceptors (Lipinski definition) is 4. The van der Waals surface area contributed by atoms with Gasteiger partial charge in [0.25, 0.3) is 0 Å². The molecule has 1 amide bonds. The van der Waals surface area contributed by atoms with Crippen LogP contribution in [0.4, 0.5) is 4.79 Å². The molecule has 0 fully saturated rings. The standard InChI is InChI=1S/C14H21N3O3/c1-3-10(2)12(13(15)17-19)16-14(18)20-9-11-7-5-4-6-8-11/h4-8,10,12,19H,3,9H2,1-2H3,(H2,15,17)(H,16,18)/t10?,12-/m0/s1. The normalized spacial score (nSPS) is 14.4. The lowest BCUT2D eigenvalue weighted by atomic mass is 9.98. The maximum absolute atomic E-state index is 11.7. The molecule has 0 saturated carbocycles. The van der Waals surface area contributed by atoms with E-state index in [0.29, 0.717) is 0 Å². The first kappa shape index (κ1) is 15.8. The van der Waals surface area contributed by atoms with Crippen molar-refractivity contribution in [2.24, 2.45) is 16.8 Å². The van der Waals surface area contributed by atoms with E-state index >= 15 is 0 Å². The number of carbonyl (C=O) groups excluding carboxylic acids is 1. The molecule has 0 aliphatic rings. The van der Waals surface area contributed by atoms with Crippen molar-refractivity contribution in [1.29, 1.82) is 0 Å². The second-order valence-corrected chi connectivity index (χ2v) is 4.59. The number of nitrogens with zero attached hydrogens (tertiary/aromatic N) is 1. The van der Waals surface area contributed by atoms with Gasteiger partial charge >= 0.3 is 6.09 Å². The minimum Gasteiger partial charge on any atom is -0.445 e. The number of nitrogens with one attached hydrogen (secondary N) is 1. The number of ether oxygens (including phenoxy) is 1. The van der Waals surface area contributed by atoms with Gasteiger partial charge in [-0.2, -0.15) is 0 Å². The molecule has 110 valence electrons. The maximum atomic E-state index is 11.7. The highest BCUT2D eigenvalue weighted by Crippen LogP contribution is 2.08. The molecule has 0 aliphatic carbocycles. The molecule has 2 atom stereocenters. The Hall–Kier alpha value is -2.24. The third-order valence-corrected chi connectivity index (χ3v) is 3.13. The fraction of sp³-hybridized carbons (Fsp3) is 0.429. The van der Waals surface area contributed by atoms with Crippen LogP contribution in [0.3, 0.4) is 0 Å². The van der Waals surface area contributed by atoms with Crippen molar-refractivity contribution in [2.75, 3.05) is 0 Å². The minimum absolute atomic E-state index is 0.0315. The average Bonchev–Trinajstić information content (AvgIpc) is 2.50. The van der Waals surface area contributed by atoms with Crippen molar-refractivity contribution in [3.8, 4) is 0 Å². The lowest BCUT2D eigenvalue weighted by Crippen LogP contribution is -2.48. The maximum Gasteiger partial charge on any atom is 0.408 e. The summed E-state index contributed by atoms with van der Waals surface area (Å²) in [4.78, 5) is 11.7. The van der Waals surface area contributed by atoms with E-state index in [1.54, 1.807) is 0 Å². The van der Waals surface area contributed by atoms with Gasteiger partial charge in [0.15, 0.2) is 5.84 Å². The molecular weight excluding hydrogens is 258 g/mol. The number of hydrogen-bond donors (Lipinski definition) is 3. The first-order chi connectivity index (χ1) is 9.58. The Morgan fingerprint density at radius 2 is 2.10 bits per heavy atom. The summed E-state index contributed by atoms with van der Waals surface area (Å²) in [7, 11) is 0. The number of oxime groups is 1. The van der Waals surface area contributed by atoms with Gasteiger partial charge in [0, 0.05) is 0 Å². The van der Waals surface area contributed by atoms with Crippen LogP contribution < -0.4 is 11.1 Å². The van der Waals surface area contributed by atoms with E-state index in [-0.39, 0.29) is 18.4 Å². The Morgan fingerprint density at radius 1 is 1.45 bits per heavy atom. The highest BCUT2D eigenvalue weighted by atomic mass is 16.5. The summed E-state index contributed by atoms with van der Waals surface area (Å²) in [6.07, 6.45) is 0.186. The highest BCUT2D eigenvalue weighted by molar-refractivity contribution is 5.88. The molecule has 0 aliphatic heterocycles. The fourth-order valence-electron chi connectivity index (χ4n) is 1.70. The zero-order valence-electron chi connectivity index (χ0n) is 11.7. The summed E-state index contributed by atoms with van der Waals surface area (Å²) < 4.78 is 5.11. The van der Waals surface area contributed by atoms with E-state index in [2.05, 4.69) is 10.5 Å². The summed E-state index contributed by atoms with van der Waals surface area (Å²) in [6.45, 7) is 4.04. The highest BCUT2D eigenvalue weighted by Gasteiger charge is 2.23. The monoisotopic (exact) mass is 279 g/mol. The number of alkyl carbamates (subject to hydrolysis) is 1. The smallest absolute Gasteiger partial charge is 0.408 e. The van der Waals surface area contributed by atoms with Crippen LogP contribution in [0.1, 0.15) is 25.8 Å². The van der Waals surface area contributed by atoms with E-state index in [1.165, 1.54) is 0 Å². The van der Waals surface area contributed by atoms with Gasteiger partial charge in [0.2, 0.25) is 0 Å². The Balaban J connectivity index is 2.54. The molecule has 0 radical (unpaired) electrons. The molecule has 0 spiro atoms. The molecule has 0 saturated heterocycles.